The van der Waals surface area contributed by atoms with Crippen LogP contribution in [0.1, 0.15) is 113 Å². The zero-order chi connectivity index (χ0) is 24.7. The molecule has 0 radical (unpaired) electrons. The van der Waals surface area contributed by atoms with E-state index in [0.717, 1.165) is 30.6 Å². The molecule has 4 fully saturated rings. The maximum atomic E-state index is 12.0. The number of methoxy groups -OCH3 is 1. The molecule has 5 aliphatic rings. The predicted octanol–water partition coefficient (Wildman–Crippen LogP) is 7.73. The third-order valence-corrected chi connectivity index (χ3v) is 12.7. The average molecular weight is 471 g/mol. The third-order valence-electron chi connectivity index (χ3n) is 12.7. The minimum absolute atomic E-state index is 0.0331. The van der Waals surface area contributed by atoms with E-state index in [1.807, 2.05) is 12.5 Å². The molecule has 1 heterocycles. The number of epoxide rings is 1. The van der Waals surface area contributed by atoms with Crippen LogP contribution in [-0.4, -0.2) is 24.8 Å². The Hall–Kier alpha value is -0.830. The summed E-state index contributed by atoms with van der Waals surface area (Å²) < 4.78 is 10.7. The van der Waals surface area contributed by atoms with Crippen molar-refractivity contribution in [2.75, 3.05) is 7.11 Å². The lowest BCUT2D eigenvalue weighted by atomic mass is 9.41. The lowest BCUT2D eigenvalue weighted by molar-refractivity contribution is -0.146. The fraction of sp³-hybridized carbons (Fsp3) is 0.903. The summed E-state index contributed by atoms with van der Waals surface area (Å²) in [6.07, 6.45) is 15.9. The van der Waals surface area contributed by atoms with Gasteiger partial charge in [0.1, 0.15) is 0 Å². The SMILES string of the molecule is COC(=O)[C@]1(C)O[C@H]1CC[C@@H](C)[C@H]1CC[C@@]2(C)[C@@H]3CC[C@H]4C(C)(C)CCC[C@]4(C)C3=CC[C@]12C. The molecule has 192 valence electrons. The summed E-state index contributed by atoms with van der Waals surface area (Å²) in [5.41, 5.74) is 2.86. The van der Waals surface area contributed by atoms with Crippen molar-refractivity contribution in [3.63, 3.8) is 0 Å². The first-order valence-corrected chi connectivity index (χ1v) is 14.3. The van der Waals surface area contributed by atoms with Gasteiger partial charge in [0, 0.05) is 0 Å². The monoisotopic (exact) mass is 470 g/mol. The van der Waals surface area contributed by atoms with Crippen LogP contribution < -0.4 is 0 Å². The van der Waals surface area contributed by atoms with Crippen LogP contribution in [0.3, 0.4) is 0 Å². The second kappa shape index (κ2) is 7.83. The van der Waals surface area contributed by atoms with Crippen molar-refractivity contribution < 1.29 is 14.3 Å². The Bertz CT molecular complexity index is 874. The fourth-order valence-corrected chi connectivity index (χ4v) is 10.4. The Morgan fingerprint density at radius 3 is 2.50 bits per heavy atom. The summed E-state index contributed by atoms with van der Waals surface area (Å²) in [7, 11) is 1.46. The quantitative estimate of drug-likeness (QED) is 0.234. The normalized spacial score (nSPS) is 49.8. The molecule has 3 nitrogen and oxygen atoms in total. The highest BCUT2D eigenvalue weighted by molar-refractivity contribution is 5.82. The van der Waals surface area contributed by atoms with Crippen molar-refractivity contribution >= 4 is 5.97 Å². The number of fused-ring (bicyclic) bond motifs is 5. The average Bonchev–Trinajstić information content (AvgIpc) is 3.36. The van der Waals surface area contributed by atoms with Gasteiger partial charge in [0.25, 0.3) is 0 Å². The second-order valence-corrected chi connectivity index (χ2v) is 14.5. The van der Waals surface area contributed by atoms with Crippen LogP contribution >= 0.6 is 0 Å². The maximum absolute atomic E-state index is 12.0. The van der Waals surface area contributed by atoms with Crippen molar-refractivity contribution in [1.82, 2.24) is 0 Å². The molecule has 0 aromatic rings. The van der Waals surface area contributed by atoms with Crippen molar-refractivity contribution in [2.45, 2.75) is 124 Å². The first-order chi connectivity index (χ1) is 15.8. The largest absolute Gasteiger partial charge is 0.467 e. The highest BCUT2D eigenvalue weighted by Crippen LogP contribution is 2.73. The van der Waals surface area contributed by atoms with Crippen LogP contribution in [0.2, 0.25) is 0 Å². The third kappa shape index (κ3) is 3.27. The molecular weight excluding hydrogens is 420 g/mol. The van der Waals surface area contributed by atoms with Crippen molar-refractivity contribution in [2.24, 2.45) is 45.3 Å². The topological polar surface area (TPSA) is 38.8 Å². The first-order valence-electron chi connectivity index (χ1n) is 14.3. The minimum Gasteiger partial charge on any atom is -0.467 e. The van der Waals surface area contributed by atoms with Gasteiger partial charge in [0.15, 0.2) is 5.60 Å². The number of hydrogen-bond donors (Lipinski definition) is 0. The van der Waals surface area contributed by atoms with Gasteiger partial charge in [-0.15, -0.1) is 0 Å². The summed E-state index contributed by atoms with van der Waals surface area (Å²) >= 11 is 0. The van der Waals surface area contributed by atoms with E-state index in [1.54, 1.807) is 0 Å². The molecule has 4 aliphatic carbocycles. The van der Waals surface area contributed by atoms with E-state index in [9.17, 15) is 4.79 Å². The van der Waals surface area contributed by atoms with E-state index in [1.165, 1.54) is 58.5 Å². The summed E-state index contributed by atoms with van der Waals surface area (Å²) in [5.74, 6) is 2.82. The minimum atomic E-state index is -0.701. The molecule has 0 bridgehead atoms. The van der Waals surface area contributed by atoms with Crippen LogP contribution in [0, 0.1) is 45.3 Å². The lowest BCUT2D eigenvalue weighted by Crippen LogP contribution is -2.55. The van der Waals surface area contributed by atoms with Gasteiger partial charge in [-0.1, -0.05) is 59.6 Å². The van der Waals surface area contributed by atoms with Crippen LogP contribution in [0.5, 0.6) is 0 Å². The molecular formula is C31H50O3. The Balaban J connectivity index is 1.34. The van der Waals surface area contributed by atoms with Gasteiger partial charge in [0.2, 0.25) is 0 Å². The first kappa shape index (κ1) is 24.8. The highest BCUT2D eigenvalue weighted by atomic mass is 16.7. The summed E-state index contributed by atoms with van der Waals surface area (Å²) in [4.78, 5) is 12.0. The van der Waals surface area contributed by atoms with Gasteiger partial charge in [-0.25, -0.2) is 4.79 Å². The number of carbonyl (C=O) groups excluding carboxylic acids is 1. The van der Waals surface area contributed by atoms with E-state index < -0.39 is 5.60 Å². The Kier molecular flexibility index (Phi) is 5.72. The molecule has 3 saturated carbocycles. The zero-order valence-electron chi connectivity index (χ0n) is 23.3. The van der Waals surface area contributed by atoms with Crippen LogP contribution in [0.4, 0.5) is 0 Å². The number of hydrogen-bond acceptors (Lipinski definition) is 3. The van der Waals surface area contributed by atoms with Crippen LogP contribution in [-0.2, 0) is 14.3 Å². The Labute approximate surface area is 208 Å². The van der Waals surface area contributed by atoms with E-state index >= 15 is 0 Å². The van der Waals surface area contributed by atoms with Gasteiger partial charge >= 0.3 is 5.97 Å². The highest BCUT2D eigenvalue weighted by Gasteiger charge is 2.65. The summed E-state index contributed by atoms with van der Waals surface area (Å²) in [5, 5.41) is 0. The Morgan fingerprint density at radius 2 is 1.79 bits per heavy atom. The number of rotatable bonds is 5. The number of esters is 1. The number of ether oxygens (including phenoxy) is 2. The van der Waals surface area contributed by atoms with E-state index in [-0.39, 0.29) is 12.1 Å². The zero-order valence-corrected chi connectivity index (χ0v) is 23.3. The molecule has 34 heavy (non-hydrogen) atoms. The van der Waals surface area contributed by atoms with E-state index in [4.69, 9.17) is 9.47 Å². The van der Waals surface area contributed by atoms with Gasteiger partial charge in [0.05, 0.1) is 13.2 Å². The maximum Gasteiger partial charge on any atom is 0.340 e. The van der Waals surface area contributed by atoms with Crippen molar-refractivity contribution in [1.29, 1.82) is 0 Å². The van der Waals surface area contributed by atoms with Gasteiger partial charge in [-0.05, 0) is 110 Å². The lowest BCUT2D eigenvalue weighted by Gasteiger charge is -2.63. The summed E-state index contributed by atoms with van der Waals surface area (Å²) in [6, 6.07) is 0. The number of carbonyl (C=O) groups is 1. The van der Waals surface area contributed by atoms with Crippen molar-refractivity contribution in [3.8, 4) is 0 Å². The van der Waals surface area contributed by atoms with E-state index in [2.05, 4.69) is 47.6 Å². The van der Waals surface area contributed by atoms with Gasteiger partial charge in [-0.2, -0.15) is 0 Å². The molecule has 0 spiro atoms. The summed E-state index contributed by atoms with van der Waals surface area (Å²) in [6.45, 7) is 17.4. The van der Waals surface area contributed by atoms with Gasteiger partial charge in [-0.3, -0.25) is 0 Å². The molecule has 3 heteroatoms. The molecule has 1 aliphatic heterocycles. The second-order valence-electron chi connectivity index (χ2n) is 14.5. The molecule has 0 unspecified atom stereocenters. The molecule has 0 aromatic carbocycles. The molecule has 0 aromatic heterocycles. The molecule has 0 N–H and O–H groups in total. The molecule has 5 rings (SSSR count). The standard InChI is InChI=1S/C31H50O3/c1-20(10-13-25-31(7,34-25)26(32)33-8)21-14-18-30(6)23-11-12-24-27(2,3)16-9-17-28(24,4)22(23)15-19-29(21,30)5/h15,20-21,23-25H,9-14,16-19H2,1-8H3/t20-,21-,23-,24+,25+,28-,29-,30+,31-/m1/s1. The smallest absolute Gasteiger partial charge is 0.340 e. The number of allylic oxidation sites excluding steroid dienone is 2. The fourth-order valence-electron chi connectivity index (χ4n) is 10.4. The molecule has 0 amide bonds. The van der Waals surface area contributed by atoms with Crippen LogP contribution in [0.25, 0.3) is 0 Å². The van der Waals surface area contributed by atoms with E-state index in [0.29, 0.717) is 27.6 Å². The Morgan fingerprint density at radius 1 is 1.06 bits per heavy atom. The van der Waals surface area contributed by atoms with Crippen LogP contribution in [0.15, 0.2) is 11.6 Å². The molecule has 1 saturated heterocycles. The van der Waals surface area contributed by atoms with Gasteiger partial charge < -0.3 is 9.47 Å². The predicted molar refractivity (Wildman–Crippen MR) is 137 cm³/mol. The van der Waals surface area contributed by atoms with Crippen molar-refractivity contribution in [3.05, 3.63) is 11.6 Å². The molecule has 9 atom stereocenters.